The van der Waals surface area contributed by atoms with E-state index < -0.39 is 0 Å². The summed E-state index contributed by atoms with van der Waals surface area (Å²) in [5.74, 6) is 0. The molecule has 0 bridgehead atoms. The van der Waals surface area contributed by atoms with Crippen molar-refractivity contribution in [1.29, 1.82) is 5.26 Å². The molecule has 1 heterocycles. The SMILES string of the molecule is Cc1c(N)cn(Cc2ccccc2C#N)c(=O)c1Br. The van der Waals surface area contributed by atoms with Gasteiger partial charge in [0.2, 0.25) is 0 Å². The van der Waals surface area contributed by atoms with Crippen molar-refractivity contribution in [1.82, 2.24) is 4.57 Å². The van der Waals surface area contributed by atoms with Gasteiger partial charge in [-0.3, -0.25) is 4.79 Å². The number of hydrogen-bond donors (Lipinski definition) is 1. The van der Waals surface area contributed by atoms with Crippen LogP contribution in [0, 0.1) is 18.3 Å². The molecule has 1 aromatic carbocycles. The second-order valence-electron chi connectivity index (χ2n) is 4.23. The molecule has 0 fully saturated rings. The van der Waals surface area contributed by atoms with Crippen molar-refractivity contribution in [3.8, 4) is 6.07 Å². The van der Waals surface area contributed by atoms with Crippen LogP contribution in [0.3, 0.4) is 0 Å². The number of aromatic nitrogens is 1. The summed E-state index contributed by atoms with van der Waals surface area (Å²) in [7, 11) is 0. The van der Waals surface area contributed by atoms with Crippen LogP contribution < -0.4 is 11.3 Å². The number of nitrogen functional groups attached to an aromatic ring is 1. The van der Waals surface area contributed by atoms with E-state index in [2.05, 4.69) is 22.0 Å². The molecule has 2 rings (SSSR count). The summed E-state index contributed by atoms with van der Waals surface area (Å²) in [6.45, 7) is 2.11. The van der Waals surface area contributed by atoms with E-state index in [1.54, 1.807) is 25.3 Å². The average molecular weight is 318 g/mol. The first kappa shape index (κ1) is 13.4. The van der Waals surface area contributed by atoms with Crippen molar-refractivity contribution >= 4 is 21.6 Å². The number of nitriles is 1. The van der Waals surface area contributed by atoms with E-state index in [4.69, 9.17) is 11.0 Å². The monoisotopic (exact) mass is 317 g/mol. The maximum atomic E-state index is 12.1. The number of nitrogens with two attached hydrogens (primary N) is 1. The van der Waals surface area contributed by atoms with E-state index >= 15 is 0 Å². The zero-order chi connectivity index (χ0) is 14.0. The van der Waals surface area contributed by atoms with Crippen LogP contribution in [0.2, 0.25) is 0 Å². The van der Waals surface area contributed by atoms with Gasteiger partial charge in [-0.1, -0.05) is 18.2 Å². The first-order valence-corrected chi connectivity index (χ1v) is 6.47. The molecule has 1 aromatic heterocycles. The first-order chi connectivity index (χ1) is 9.04. The molecule has 0 atom stereocenters. The van der Waals surface area contributed by atoms with E-state index in [1.807, 2.05) is 12.1 Å². The average Bonchev–Trinajstić information content (AvgIpc) is 2.43. The van der Waals surface area contributed by atoms with Gasteiger partial charge < -0.3 is 10.3 Å². The molecule has 96 valence electrons. The molecule has 0 unspecified atom stereocenters. The summed E-state index contributed by atoms with van der Waals surface area (Å²) in [4.78, 5) is 12.1. The molecule has 0 saturated heterocycles. The number of pyridine rings is 1. The van der Waals surface area contributed by atoms with Crippen molar-refractivity contribution in [2.24, 2.45) is 0 Å². The molecular weight excluding hydrogens is 306 g/mol. The van der Waals surface area contributed by atoms with Gasteiger partial charge in [0.1, 0.15) is 0 Å². The number of anilines is 1. The highest BCUT2D eigenvalue weighted by atomic mass is 79.9. The standard InChI is InChI=1S/C14H12BrN3O/c1-9-12(17)8-18(14(19)13(9)15)7-11-5-3-2-4-10(11)6-16/h2-5,8H,7,17H2,1H3. The predicted molar refractivity (Wildman–Crippen MR) is 77.8 cm³/mol. The molecule has 0 aliphatic carbocycles. The molecule has 19 heavy (non-hydrogen) atoms. The third kappa shape index (κ3) is 2.54. The number of halogens is 1. The fourth-order valence-corrected chi connectivity index (χ4v) is 2.26. The van der Waals surface area contributed by atoms with Gasteiger partial charge in [0.25, 0.3) is 5.56 Å². The Morgan fingerprint density at radius 3 is 2.79 bits per heavy atom. The minimum absolute atomic E-state index is 0.153. The highest BCUT2D eigenvalue weighted by Crippen LogP contribution is 2.18. The second-order valence-corrected chi connectivity index (χ2v) is 5.02. The van der Waals surface area contributed by atoms with Gasteiger partial charge in [0.05, 0.1) is 28.3 Å². The maximum absolute atomic E-state index is 12.1. The first-order valence-electron chi connectivity index (χ1n) is 5.67. The Morgan fingerprint density at radius 1 is 1.42 bits per heavy atom. The number of rotatable bonds is 2. The highest BCUT2D eigenvalue weighted by Gasteiger charge is 2.10. The van der Waals surface area contributed by atoms with Gasteiger partial charge in [-0.15, -0.1) is 0 Å². The fraction of sp³-hybridized carbons (Fsp3) is 0.143. The van der Waals surface area contributed by atoms with E-state index in [-0.39, 0.29) is 5.56 Å². The van der Waals surface area contributed by atoms with E-state index in [1.165, 1.54) is 4.57 Å². The molecule has 0 spiro atoms. The minimum atomic E-state index is -0.153. The van der Waals surface area contributed by atoms with Gasteiger partial charge >= 0.3 is 0 Å². The van der Waals surface area contributed by atoms with Gasteiger partial charge in [-0.25, -0.2) is 0 Å². The van der Waals surface area contributed by atoms with Crippen molar-refractivity contribution < 1.29 is 0 Å². The largest absolute Gasteiger partial charge is 0.397 e. The zero-order valence-corrected chi connectivity index (χ0v) is 11.9. The zero-order valence-electron chi connectivity index (χ0n) is 10.4. The predicted octanol–water partition coefficient (Wildman–Crippen LogP) is 2.42. The highest BCUT2D eigenvalue weighted by molar-refractivity contribution is 9.10. The Labute approximate surface area is 119 Å². The van der Waals surface area contributed by atoms with Crippen molar-refractivity contribution in [2.45, 2.75) is 13.5 Å². The van der Waals surface area contributed by atoms with E-state index in [0.29, 0.717) is 22.3 Å². The van der Waals surface area contributed by atoms with Crippen LogP contribution >= 0.6 is 15.9 Å². The lowest BCUT2D eigenvalue weighted by Gasteiger charge is -2.11. The van der Waals surface area contributed by atoms with Gasteiger partial charge in [0, 0.05) is 6.20 Å². The van der Waals surface area contributed by atoms with Crippen LogP contribution in [0.1, 0.15) is 16.7 Å². The summed E-state index contributed by atoms with van der Waals surface area (Å²) >= 11 is 3.25. The van der Waals surface area contributed by atoms with Crippen LogP contribution in [0.25, 0.3) is 0 Å². The Bertz CT molecular complexity index is 728. The lowest BCUT2D eigenvalue weighted by atomic mass is 10.1. The third-order valence-corrected chi connectivity index (χ3v) is 3.92. The summed E-state index contributed by atoms with van der Waals surface area (Å²) in [6, 6.07) is 9.31. The summed E-state index contributed by atoms with van der Waals surface area (Å²) in [5.41, 5.74) is 8.33. The molecular formula is C14H12BrN3O. The molecule has 0 saturated carbocycles. The van der Waals surface area contributed by atoms with Crippen molar-refractivity contribution in [3.05, 3.63) is 62.0 Å². The Morgan fingerprint density at radius 2 is 2.11 bits per heavy atom. The minimum Gasteiger partial charge on any atom is -0.397 e. The maximum Gasteiger partial charge on any atom is 0.265 e. The Hall–Kier alpha value is -2.06. The van der Waals surface area contributed by atoms with Gasteiger partial charge in [0.15, 0.2) is 0 Å². The summed E-state index contributed by atoms with van der Waals surface area (Å²) < 4.78 is 1.96. The van der Waals surface area contributed by atoms with Crippen molar-refractivity contribution in [2.75, 3.05) is 5.73 Å². The van der Waals surface area contributed by atoms with Gasteiger partial charge in [-0.2, -0.15) is 5.26 Å². The lowest BCUT2D eigenvalue weighted by Crippen LogP contribution is -2.23. The fourth-order valence-electron chi connectivity index (χ4n) is 1.80. The topological polar surface area (TPSA) is 71.8 Å². The molecule has 0 radical (unpaired) electrons. The number of nitrogens with zero attached hydrogens (tertiary/aromatic N) is 2. The quantitative estimate of drug-likeness (QED) is 0.924. The Balaban J connectivity index is 2.51. The van der Waals surface area contributed by atoms with Crippen molar-refractivity contribution in [3.63, 3.8) is 0 Å². The molecule has 0 amide bonds. The van der Waals surface area contributed by atoms with Crippen LogP contribution in [-0.2, 0) is 6.54 Å². The molecule has 2 N–H and O–H groups in total. The molecule has 0 aliphatic rings. The number of hydrogen-bond acceptors (Lipinski definition) is 3. The van der Waals surface area contributed by atoms with Gasteiger partial charge in [-0.05, 0) is 40.0 Å². The molecule has 0 aliphatic heterocycles. The third-order valence-electron chi connectivity index (χ3n) is 2.98. The van der Waals surface area contributed by atoms with E-state index in [9.17, 15) is 4.79 Å². The summed E-state index contributed by atoms with van der Waals surface area (Å²) in [5, 5.41) is 9.05. The van der Waals surface area contributed by atoms with Crippen LogP contribution in [-0.4, -0.2) is 4.57 Å². The normalized spacial score (nSPS) is 10.2. The summed E-state index contributed by atoms with van der Waals surface area (Å²) in [6.07, 6.45) is 1.61. The molecule has 4 nitrogen and oxygen atoms in total. The second kappa shape index (κ2) is 5.29. The molecule has 5 heteroatoms. The van der Waals surface area contributed by atoms with Crippen LogP contribution in [0.15, 0.2) is 39.7 Å². The smallest absolute Gasteiger partial charge is 0.265 e. The molecule has 2 aromatic rings. The van der Waals surface area contributed by atoms with Crippen LogP contribution in [0.4, 0.5) is 5.69 Å². The van der Waals surface area contributed by atoms with E-state index in [0.717, 1.165) is 11.1 Å². The Kier molecular flexibility index (Phi) is 3.72. The number of benzene rings is 1. The lowest BCUT2D eigenvalue weighted by molar-refractivity contribution is 0.753. The van der Waals surface area contributed by atoms with Crippen LogP contribution in [0.5, 0.6) is 0 Å².